The second-order valence-electron chi connectivity index (χ2n) is 4.28. The number of benzene rings is 1. The predicted octanol–water partition coefficient (Wildman–Crippen LogP) is 2.83. The van der Waals surface area contributed by atoms with E-state index in [9.17, 15) is 22.8 Å². The molecular weight excluding hydrogens is 283 g/mol. The monoisotopic (exact) mass is 291 g/mol. The zero-order valence-electron chi connectivity index (χ0n) is 9.79. The van der Waals surface area contributed by atoms with Gasteiger partial charge >= 0.3 is 6.18 Å². The molecule has 0 aliphatic carbocycles. The van der Waals surface area contributed by atoms with E-state index < -0.39 is 23.6 Å². The van der Waals surface area contributed by atoms with Crippen LogP contribution in [0, 0.1) is 0 Å². The van der Waals surface area contributed by atoms with Gasteiger partial charge in [-0.05, 0) is 17.7 Å². The highest BCUT2D eigenvalue weighted by molar-refractivity contribution is 6.32. The average molecular weight is 292 g/mol. The fourth-order valence-corrected chi connectivity index (χ4v) is 2.30. The summed E-state index contributed by atoms with van der Waals surface area (Å²) in [6.07, 6.45) is -4.56. The number of hydrogen-bond acceptors (Lipinski definition) is 2. The minimum Gasteiger partial charge on any atom is -0.285 e. The third-order valence-electron chi connectivity index (χ3n) is 3.08. The molecule has 1 aromatic carbocycles. The molecule has 0 spiro atoms. The minimum atomic E-state index is -4.49. The fourth-order valence-electron chi connectivity index (χ4n) is 1.98. The van der Waals surface area contributed by atoms with Gasteiger partial charge in [0.25, 0.3) is 0 Å². The van der Waals surface area contributed by atoms with Crippen molar-refractivity contribution in [2.75, 3.05) is 7.05 Å². The van der Waals surface area contributed by atoms with Crippen molar-refractivity contribution in [1.29, 1.82) is 0 Å². The molecule has 0 saturated carbocycles. The Kier molecular flexibility index (Phi) is 3.30. The zero-order chi connectivity index (χ0) is 14.4. The van der Waals surface area contributed by atoms with Gasteiger partial charge < -0.3 is 0 Å². The number of nitrogens with zero attached hydrogens (tertiary/aromatic N) is 1. The second-order valence-corrected chi connectivity index (χ2v) is 4.69. The summed E-state index contributed by atoms with van der Waals surface area (Å²) in [5.41, 5.74) is -0.635. The molecule has 1 saturated heterocycles. The van der Waals surface area contributed by atoms with Crippen molar-refractivity contribution < 1.29 is 22.8 Å². The van der Waals surface area contributed by atoms with Gasteiger partial charge in [0.1, 0.15) is 0 Å². The highest BCUT2D eigenvalue weighted by Gasteiger charge is 2.39. The van der Waals surface area contributed by atoms with Crippen LogP contribution in [0.2, 0.25) is 5.02 Å². The maximum atomic E-state index is 12.5. The first-order valence-corrected chi connectivity index (χ1v) is 5.76. The standard InChI is InChI=1S/C12H9ClF3NO2/c1-17-10(18)5-8(11(17)19)7-3-2-6(4-9(7)13)12(14,15)16/h2-4,8H,5H2,1H3. The van der Waals surface area contributed by atoms with E-state index in [1.807, 2.05) is 0 Å². The van der Waals surface area contributed by atoms with E-state index in [1.165, 1.54) is 7.05 Å². The molecule has 0 radical (unpaired) electrons. The van der Waals surface area contributed by atoms with Crippen LogP contribution in [0.1, 0.15) is 23.5 Å². The van der Waals surface area contributed by atoms with Gasteiger partial charge in [-0.25, -0.2) is 0 Å². The molecule has 1 heterocycles. The molecule has 3 nitrogen and oxygen atoms in total. The number of likely N-dealkylation sites (tertiary alicyclic amines) is 1. The SMILES string of the molecule is CN1C(=O)CC(c2ccc(C(F)(F)F)cc2Cl)C1=O. The largest absolute Gasteiger partial charge is 0.416 e. The lowest BCUT2D eigenvalue weighted by Crippen LogP contribution is -2.25. The molecule has 1 aromatic rings. The molecule has 0 N–H and O–H groups in total. The van der Waals surface area contributed by atoms with Crippen molar-refractivity contribution in [3.05, 3.63) is 34.3 Å². The number of carbonyl (C=O) groups is 2. The summed E-state index contributed by atoms with van der Waals surface area (Å²) in [4.78, 5) is 24.1. The van der Waals surface area contributed by atoms with Crippen LogP contribution in [0.3, 0.4) is 0 Å². The van der Waals surface area contributed by atoms with Crippen LogP contribution in [0.15, 0.2) is 18.2 Å². The Morgan fingerprint density at radius 3 is 2.37 bits per heavy atom. The van der Waals surface area contributed by atoms with Crippen molar-refractivity contribution in [3.63, 3.8) is 0 Å². The summed E-state index contributed by atoms with van der Waals surface area (Å²) in [5.74, 6) is -1.62. The first-order valence-electron chi connectivity index (χ1n) is 5.39. The highest BCUT2D eigenvalue weighted by atomic mass is 35.5. The molecule has 2 rings (SSSR count). The van der Waals surface area contributed by atoms with E-state index in [-0.39, 0.29) is 22.9 Å². The van der Waals surface area contributed by atoms with Crippen molar-refractivity contribution >= 4 is 23.4 Å². The predicted molar refractivity (Wildman–Crippen MR) is 61.6 cm³/mol. The van der Waals surface area contributed by atoms with Gasteiger partial charge in [0, 0.05) is 18.5 Å². The molecule has 1 atom stereocenters. The van der Waals surface area contributed by atoms with Crippen LogP contribution < -0.4 is 0 Å². The number of carbonyl (C=O) groups excluding carboxylic acids is 2. The first kappa shape index (κ1) is 13.9. The summed E-state index contributed by atoms with van der Waals surface area (Å²) >= 11 is 5.79. The van der Waals surface area contributed by atoms with Crippen LogP contribution >= 0.6 is 11.6 Å². The number of alkyl halides is 3. The lowest BCUT2D eigenvalue weighted by molar-refractivity contribution is -0.138. The van der Waals surface area contributed by atoms with Crippen molar-refractivity contribution in [3.8, 4) is 0 Å². The Hall–Kier alpha value is -1.56. The first-order chi connectivity index (χ1) is 8.71. The molecule has 19 heavy (non-hydrogen) atoms. The zero-order valence-corrected chi connectivity index (χ0v) is 10.5. The maximum Gasteiger partial charge on any atom is 0.416 e. The van der Waals surface area contributed by atoms with E-state index >= 15 is 0 Å². The van der Waals surface area contributed by atoms with Crippen LogP contribution in [0.5, 0.6) is 0 Å². The number of imide groups is 1. The lowest BCUT2D eigenvalue weighted by atomic mass is 9.96. The van der Waals surface area contributed by atoms with E-state index in [0.717, 1.165) is 23.1 Å². The highest BCUT2D eigenvalue weighted by Crippen LogP contribution is 2.37. The van der Waals surface area contributed by atoms with Crippen molar-refractivity contribution in [2.24, 2.45) is 0 Å². The van der Waals surface area contributed by atoms with E-state index in [4.69, 9.17) is 11.6 Å². The molecule has 0 bridgehead atoms. The molecule has 0 aromatic heterocycles. The van der Waals surface area contributed by atoms with Crippen LogP contribution in [0.25, 0.3) is 0 Å². The number of halogens is 4. The normalized spacial score (nSPS) is 20.3. The Morgan fingerprint density at radius 2 is 1.95 bits per heavy atom. The third-order valence-corrected chi connectivity index (χ3v) is 3.41. The molecule has 102 valence electrons. The summed E-state index contributed by atoms with van der Waals surface area (Å²) in [5, 5.41) is -0.156. The Bertz CT molecular complexity index is 556. The molecular formula is C12H9ClF3NO2. The van der Waals surface area contributed by atoms with Crippen molar-refractivity contribution in [2.45, 2.75) is 18.5 Å². The fraction of sp³-hybridized carbons (Fsp3) is 0.333. The van der Waals surface area contributed by atoms with Crippen LogP contribution in [0.4, 0.5) is 13.2 Å². The maximum absolute atomic E-state index is 12.5. The molecule has 1 unspecified atom stereocenters. The van der Waals surface area contributed by atoms with Gasteiger partial charge in [-0.1, -0.05) is 17.7 Å². The van der Waals surface area contributed by atoms with E-state index in [2.05, 4.69) is 0 Å². The Labute approximate surface area is 111 Å². The number of hydrogen-bond donors (Lipinski definition) is 0. The average Bonchev–Trinajstić information content (AvgIpc) is 2.56. The number of amides is 2. The molecule has 2 amide bonds. The van der Waals surface area contributed by atoms with E-state index in [0.29, 0.717) is 0 Å². The summed E-state index contributed by atoms with van der Waals surface area (Å²) < 4.78 is 37.5. The van der Waals surface area contributed by atoms with Gasteiger partial charge in [0.15, 0.2) is 0 Å². The van der Waals surface area contributed by atoms with Crippen molar-refractivity contribution in [1.82, 2.24) is 4.90 Å². The molecule has 1 fully saturated rings. The third kappa shape index (κ3) is 2.45. The lowest BCUT2D eigenvalue weighted by Gasteiger charge is -2.13. The smallest absolute Gasteiger partial charge is 0.285 e. The summed E-state index contributed by atoms with van der Waals surface area (Å²) in [6, 6.07) is 2.78. The summed E-state index contributed by atoms with van der Waals surface area (Å²) in [6.45, 7) is 0. The minimum absolute atomic E-state index is 0.0690. The summed E-state index contributed by atoms with van der Waals surface area (Å²) in [7, 11) is 1.34. The van der Waals surface area contributed by atoms with Gasteiger partial charge in [0.05, 0.1) is 11.5 Å². The van der Waals surface area contributed by atoms with Gasteiger partial charge in [0.2, 0.25) is 11.8 Å². The second kappa shape index (κ2) is 4.52. The molecule has 7 heteroatoms. The van der Waals surface area contributed by atoms with E-state index in [1.54, 1.807) is 0 Å². The van der Waals surface area contributed by atoms with Gasteiger partial charge in [-0.2, -0.15) is 13.2 Å². The van der Waals surface area contributed by atoms with Gasteiger partial charge in [-0.15, -0.1) is 0 Å². The topological polar surface area (TPSA) is 37.4 Å². The number of rotatable bonds is 1. The quantitative estimate of drug-likeness (QED) is 0.746. The molecule has 1 aliphatic heterocycles. The van der Waals surface area contributed by atoms with Crippen LogP contribution in [-0.2, 0) is 15.8 Å². The van der Waals surface area contributed by atoms with Gasteiger partial charge in [-0.3, -0.25) is 14.5 Å². The molecule has 1 aliphatic rings. The Morgan fingerprint density at radius 1 is 1.32 bits per heavy atom. The van der Waals surface area contributed by atoms with Crippen LogP contribution in [-0.4, -0.2) is 23.8 Å². The Balaban J connectivity index is 2.38. The number of likely N-dealkylation sites (N-methyl/N-ethyl adjacent to an activating group) is 1.